The Morgan fingerprint density at radius 1 is 1.28 bits per heavy atom. The number of terminal acetylenes is 1. The van der Waals surface area contributed by atoms with Crippen molar-refractivity contribution >= 4 is 30.8 Å². The van der Waals surface area contributed by atoms with E-state index in [1.165, 1.54) is 24.7 Å². The van der Waals surface area contributed by atoms with E-state index < -0.39 is 49.9 Å². The van der Waals surface area contributed by atoms with Crippen LogP contribution in [0.1, 0.15) is 59.1 Å². The quantitative estimate of drug-likeness (QED) is 0.126. The normalized spacial score (nSPS) is 27.0. The third-order valence-corrected chi connectivity index (χ3v) is 9.58. The molecule has 0 spiro atoms. The zero-order valence-corrected chi connectivity index (χ0v) is 26.8. The largest absolute Gasteiger partial charge is 0.476 e. The molecule has 1 saturated heterocycles. The van der Waals surface area contributed by atoms with Gasteiger partial charge in [-0.05, 0) is 58.6 Å². The van der Waals surface area contributed by atoms with Gasteiger partial charge in [-0.2, -0.15) is 15.1 Å². The average Bonchev–Trinajstić information content (AvgIpc) is 3.54. The van der Waals surface area contributed by atoms with Crippen LogP contribution >= 0.6 is 7.75 Å². The SMILES string of the molecule is C#C[C@]1(O)C(n2cnc3c(OCC)nc(N)nc32)O[C@](C)(CO[P@@](=O)(NC(C)C(=O)OC2CCCCC2)Oc2ccccc2)[C@H]1O. The lowest BCUT2D eigenvalue weighted by atomic mass is 9.88. The molecule has 0 amide bonds. The summed E-state index contributed by atoms with van der Waals surface area (Å²) in [7, 11) is -4.36. The van der Waals surface area contributed by atoms with E-state index in [1.54, 1.807) is 37.3 Å². The maximum Gasteiger partial charge on any atom is 0.459 e. The van der Waals surface area contributed by atoms with Crippen molar-refractivity contribution in [3.8, 4) is 24.0 Å². The molecule has 2 aliphatic rings. The second-order valence-electron chi connectivity index (χ2n) is 11.5. The Labute approximate surface area is 266 Å². The predicted molar refractivity (Wildman–Crippen MR) is 165 cm³/mol. The van der Waals surface area contributed by atoms with Crippen LogP contribution in [0.15, 0.2) is 36.7 Å². The monoisotopic (exact) mass is 658 g/mol. The molecule has 6 atom stereocenters. The van der Waals surface area contributed by atoms with E-state index in [1.807, 2.05) is 0 Å². The fourth-order valence-electron chi connectivity index (χ4n) is 5.52. The van der Waals surface area contributed by atoms with Crippen molar-refractivity contribution < 1.29 is 42.8 Å². The molecule has 2 fully saturated rings. The summed E-state index contributed by atoms with van der Waals surface area (Å²) >= 11 is 0. The summed E-state index contributed by atoms with van der Waals surface area (Å²) < 4.78 is 44.4. The molecule has 15 nitrogen and oxygen atoms in total. The Morgan fingerprint density at radius 2 is 2.00 bits per heavy atom. The molecule has 1 saturated carbocycles. The highest BCUT2D eigenvalue weighted by Crippen LogP contribution is 2.50. The maximum atomic E-state index is 14.2. The number of para-hydroxylation sites is 1. The molecule has 0 bridgehead atoms. The van der Waals surface area contributed by atoms with Gasteiger partial charge in [0, 0.05) is 0 Å². The van der Waals surface area contributed by atoms with Crippen LogP contribution in [0.3, 0.4) is 0 Å². The first-order chi connectivity index (χ1) is 21.9. The van der Waals surface area contributed by atoms with Crippen molar-refractivity contribution in [2.45, 2.75) is 88.6 Å². The van der Waals surface area contributed by atoms with Crippen LogP contribution in [0.2, 0.25) is 0 Å². The summed E-state index contributed by atoms with van der Waals surface area (Å²) in [6.07, 6.45) is 8.13. The summed E-state index contributed by atoms with van der Waals surface area (Å²) in [6, 6.07) is 7.13. The molecule has 248 valence electrons. The number of nitrogen functional groups attached to an aromatic ring is 1. The summed E-state index contributed by atoms with van der Waals surface area (Å²) in [6.45, 7) is 4.33. The molecule has 1 aromatic carbocycles. The lowest BCUT2D eigenvalue weighted by molar-refractivity contribution is -0.152. The first-order valence-corrected chi connectivity index (χ1v) is 16.6. The molecule has 2 unspecified atom stereocenters. The minimum atomic E-state index is -4.36. The van der Waals surface area contributed by atoms with Crippen molar-refractivity contribution in [1.29, 1.82) is 0 Å². The molecular formula is C30H39N6O9P. The highest BCUT2D eigenvalue weighted by molar-refractivity contribution is 7.52. The van der Waals surface area contributed by atoms with E-state index in [4.69, 9.17) is 35.4 Å². The molecule has 1 aliphatic carbocycles. The maximum absolute atomic E-state index is 14.2. The molecule has 1 aliphatic heterocycles. The van der Waals surface area contributed by atoms with Gasteiger partial charge >= 0.3 is 13.7 Å². The minimum absolute atomic E-state index is 0.110. The number of carbonyl (C=O) groups is 1. The lowest BCUT2D eigenvalue weighted by Gasteiger charge is -2.31. The van der Waals surface area contributed by atoms with E-state index >= 15 is 0 Å². The number of aromatic nitrogens is 4. The van der Waals surface area contributed by atoms with E-state index in [0.717, 1.165) is 32.1 Å². The van der Waals surface area contributed by atoms with E-state index in [2.05, 4.69) is 26.0 Å². The number of carbonyl (C=O) groups excluding carboxylic acids is 1. The third kappa shape index (κ3) is 6.83. The van der Waals surface area contributed by atoms with Crippen molar-refractivity contribution in [1.82, 2.24) is 24.6 Å². The average molecular weight is 659 g/mol. The number of aliphatic hydroxyl groups is 2. The standard InChI is InChI=1S/C30H39N6O9P/c1-5-30(39)26(38)29(4,44-27(30)36-18-32-22-23(36)33-28(31)34-24(22)41-6-2)17-42-46(40,45-21-15-11-8-12-16-21)35-19(3)25(37)43-20-13-9-7-10-14-20/h1,8,11-12,15-16,18-20,26-27,38-39H,6-7,9-10,13-14,17H2,2-4H3,(H,35,40)(H2,31,33,34)/t19?,26-,27?,29-,30-,46+/m1/s1. The number of fused-ring (bicyclic) bond motifs is 1. The molecule has 16 heteroatoms. The molecule has 2 aromatic heterocycles. The number of ether oxygens (including phenoxy) is 3. The number of hydrogen-bond donors (Lipinski definition) is 4. The Balaban J connectivity index is 1.39. The van der Waals surface area contributed by atoms with Crippen molar-refractivity contribution in [3.05, 3.63) is 36.7 Å². The number of anilines is 1. The van der Waals surface area contributed by atoms with Crippen LogP contribution in [-0.4, -0.2) is 78.4 Å². The van der Waals surface area contributed by atoms with Gasteiger partial charge in [0.1, 0.15) is 29.6 Å². The van der Waals surface area contributed by atoms with Crippen molar-refractivity contribution in [3.63, 3.8) is 0 Å². The lowest BCUT2D eigenvalue weighted by Crippen LogP contribution is -2.51. The number of aliphatic hydroxyl groups excluding tert-OH is 1. The fourth-order valence-corrected chi connectivity index (χ4v) is 7.11. The number of nitrogens with two attached hydrogens (primary N) is 1. The molecule has 46 heavy (non-hydrogen) atoms. The smallest absolute Gasteiger partial charge is 0.459 e. The highest BCUT2D eigenvalue weighted by atomic mass is 31.2. The van der Waals surface area contributed by atoms with Crippen LogP contribution < -0.4 is 20.1 Å². The molecule has 5 rings (SSSR count). The predicted octanol–water partition coefficient (Wildman–Crippen LogP) is 2.88. The second-order valence-corrected chi connectivity index (χ2v) is 13.2. The number of imidazole rings is 1. The Morgan fingerprint density at radius 3 is 2.67 bits per heavy atom. The minimum Gasteiger partial charge on any atom is -0.476 e. The zero-order chi connectivity index (χ0) is 33.1. The van der Waals surface area contributed by atoms with Gasteiger partial charge in [-0.3, -0.25) is 13.9 Å². The van der Waals surface area contributed by atoms with Crippen LogP contribution in [0.25, 0.3) is 11.2 Å². The van der Waals surface area contributed by atoms with Gasteiger partial charge < -0.3 is 34.7 Å². The van der Waals surface area contributed by atoms with Gasteiger partial charge in [0.25, 0.3) is 0 Å². The van der Waals surface area contributed by atoms with Crippen LogP contribution in [0.5, 0.6) is 11.6 Å². The van der Waals surface area contributed by atoms with E-state index in [9.17, 15) is 19.6 Å². The number of hydrogen-bond acceptors (Lipinski definition) is 13. The number of nitrogens with zero attached hydrogens (tertiary/aromatic N) is 4. The highest BCUT2D eigenvalue weighted by Gasteiger charge is 2.62. The van der Waals surface area contributed by atoms with Crippen LogP contribution in [0.4, 0.5) is 5.95 Å². The topological polar surface area (TPSA) is 202 Å². The first-order valence-electron chi connectivity index (χ1n) is 15.1. The van der Waals surface area contributed by atoms with Crippen molar-refractivity contribution in [2.75, 3.05) is 18.9 Å². The van der Waals surface area contributed by atoms with E-state index in [-0.39, 0.29) is 41.5 Å². The second kappa shape index (κ2) is 13.5. The van der Waals surface area contributed by atoms with Crippen molar-refractivity contribution in [2.24, 2.45) is 0 Å². The third-order valence-electron chi connectivity index (χ3n) is 7.95. The zero-order valence-electron chi connectivity index (χ0n) is 25.9. The van der Waals surface area contributed by atoms with Gasteiger partial charge in [-0.15, -0.1) is 6.42 Å². The number of rotatable bonds is 12. The molecule has 5 N–H and O–H groups in total. The number of esters is 1. The fraction of sp³-hybridized carbons (Fsp3) is 0.533. The van der Waals surface area contributed by atoms with Gasteiger partial charge in [0.2, 0.25) is 11.8 Å². The summed E-state index contributed by atoms with van der Waals surface area (Å²) in [4.78, 5) is 25.5. The van der Waals surface area contributed by atoms with Gasteiger partial charge in [0.15, 0.2) is 23.0 Å². The van der Waals surface area contributed by atoms with Gasteiger partial charge in [0.05, 0.1) is 19.5 Å². The van der Waals surface area contributed by atoms with Gasteiger partial charge in [-0.25, -0.2) is 9.55 Å². The van der Waals surface area contributed by atoms with E-state index in [0.29, 0.717) is 0 Å². The Kier molecular flexibility index (Phi) is 9.88. The Bertz CT molecular complexity index is 1630. The number of benzene rings is 1. The molecule has 3 heterocycles. The number of nitrogens with one attached hydrogen (secondary N) is 1. The summed E-state index contributed by atoms with van der Waals surface area (Å²) in [5.74, 6) is 1.77. The summed E-state index contributed by atoms with van der Waals surface area (Å²) in [5, 5.41) is 25.6. The van der Waals surface area contributed by atoms with Crippen LogP contribution in [-0.2, 0) is 23.4 Å². The molecular weight excluding hydrogens is 619 g/mol. The molecule has 0 radical (unpaired) electrons. The summed E-state index contributed by atoms with van der Waals surface area (Å²) in [5.41, 5.74) is 2.12. The first kappa shape index (κ1) is 33.6. The van der Waals surface area contributed by atoms with Gasteiger partial charge in [-0.1, -0.05) is 30.5 Å². The van der Waals surface area contributed by atoms with Crippen LogP contribution in [0, 0.1) is 12.3 Å². The Hall–Kier alpha value is -3.77. The molecule has 3 aromatic rings.